The highest BCUT2D eigenvalue weighted by Crippen LogP contribution is 2.37. The lowest BCUT2D eigenvalue weighted by molar-refractivity contribution is -0.117. The van der Waals surface area contributed by atoms with Gasteiger partial charge in [0.05, 0.1) is 10.6 Å². The molecule has 4 rings (SSSR count). The number of halogens is 1. The summed E-state index contributed by atoms with van der Waals surface area (Å²) in [5.74, 6) is 0.497. The predicted molar refractivity (Wildman–Crippen MR) is 120 cm³/mol. The van der Waals surface area contributed by atoms with Gasteiger partial charge in [0.2, 0.25) is 11.8 Å². The number of aryl methyl sites for hydroxylation is 1. The van der Waals surface area contributed by atoms with Gasteiger partial charge >= 0.3 is 0 Å². The molecule has 0 aliphatic carbocycles. The second-order valence-corrected chi connectivity index (χ2v) is 7.93. The molecule has 1 aliphatic heterocycles. The van der Waals surface area contributed by atoms with Crippen molar-refractivity contribution < 1.29 is 14.3 Å². The highest BCUT2D eigenvalue weighted by Gasteiger charge is 2.33. The Morgan fingerprint density at radius 3 is 2.84 bits per heavy atom. The van der Waals surface area contributed by atoms with Crippen LogP contribution < -0.4 is 15.4 Å². The third-order valence-electron chi connectivity index (χ3n) is 5.41. The Morgan fingerprint density at radius 2 is 2.09 bits per heavy atom. The molecule has 7 nitrogen and oxygen atoms in total. The van der Waals surface area contributed by atoms with Crippen molar-refractivity contribution in [1.29, 1.82) is 5.26 Å². The van der Waals surface area contributed by atoms with Gasteiger partial charge in [0.1, 0.15) is 17.6 Å². The number of pyridine rings is 1. The van der Waals surface area contributed by atoms with Crippen molar-refractivity contribution in [3.05, 3.63) is 82.0 Å². The number of aromatic nitrogens is 1. The number of primary amides is 1. The lowest BCUT2D eigenvalue weighted by atomic mass is 9.97. The van der Waals surface area contributed by atoms with Crippen LogP contribution in [-0.4, -0.2) is 23.3 Å². The van der Waals surface area contributed by atoms with Crippen LogP contribution in [0.4, 0.5) is 5.82 Å². The standard InChI is InChI=1S/C24H19ClN4O3/c1-14-5-6-15(9-20(14)32-23-17(12-26)3-2-4-19(23)25)18-11-22(30)29(13-18)21-10-16(24(27)31)7-8-28-21/h2-10,18H,11,13H2,1H3,(H2,27,31)/t18-/m0/s1. The third kappa shape index (κ3) is 4.13. The first-order chi connectivity index (χ1) is 15.4. The number of anilines is 1. The molecule has 3 aromatic rings. The number of nitrogens with zero attached hydrogens (tertiary/aromatic N) is 3. The molecule has 1 fully saturated rings. The summed E-state index contributed by atoms with van der Waals surface area (Å²) in [7, 11) is 0. The molecule has 1 aromatic heterocycles. The first-order valence-electron chi connectivity index (χ1n) is 9.90. The maximum absolute atomic E-state index is 12.7. The molecule has 0 spiro atoms. The summed E-state index contributed by atoms with van der Waals surface area (Å²) >= 11 is 6.25. The number of nitrogens with two attached hydrogens (primary N) is 1. The Balaban J connectivity index is 1.61. The van der Waals surface area contributed by atoms with Crippen molar-refractivity contribution in [3.8, 4) is 17.6 Å². The second-order valence-electron chi connectivity index (χ2n) is 7.53. The number of benzene rings is 2. The topological polar surface area (TPSA) is 109 Å². The van der Waals surface area contributed by atoms with E-state index in [4.69, 9.17) is 22.1 Å². The molecule has 1 aliphatic rings. The summed E-state index contributed by atoms with van der Waals surface area (Å²) < 4.78 is 6.03. The zero-order chi connectivity index (χ0) is 22.8. The van der Waals surface area contributed by atoms with E-state index in [2.05, 4.69) is 11.1 Å². The minimum absolute atomic E-state index is 0.0915. The van der Waals surface area contributed by atoms with Gasteiger partial charge in [-0.2, -0.15) is 5.26 Å². The van der Waals surface area contributed by atoms with E-state index in [1.54, 1.807) is 23.1 Å². The van der Waals surface area contributed by atoms with E-state index in [0.717, 1.165) is 11.1 Å². The largest absolute Gasteiger partial charge is 0.454 e. The quantitative estimate of drug-likeness (QED) is 0.627. The van der Waals surface area contributed by atoms with Crippen LogP contribution in [0.25, 0.3) is 0 Å². The van der Waals surface area contributed by atoms with E-state index in [1.165, 1.54) is 18.3 Å². The number of carbonyl (C=O) groups is 2. The number of para-hydroxylation sites is 1. The van der Waals surface area contributed by atoms with E-state index in [-0.39, 0.29) is 11.8 Å². The molecule has 0 unspecified atom stereocenters. The minimum atomic E-state index is -0.575. The van der Waals surface area contributed by atoms with Gasteiger partial charge in [0, 0.05) is 30.6 Å². The Hall–Kier alpha value is -3.89. The van der Waals surface area contributed by atoms with Crippen LogP contribution in [0.2, 0.25) is 5.02 Å². The second kappa shape index (κ2) is 8.69. The first-order valence-corrected chi connectivity index (χ1v) is 10.3. The fraction of sp³-hybridized carbons (Fsp3) is 0.167. The summed E-state index contributed by atoms with van der Waals surface area (Å²) in [6.45, 7) is 2.31. The molecule has 2 amide bonds. The number of nitriles is 1. The van der Waals surface area contributed by atoms with Crippen LogP contribution in [0, 0.1) is 18.3 Å². The van der Waals surface area contributed by atoms with Gasteiger partial charge in [-0.25, -0.2) is 4.98 Å². The lowest BCUT2D eigenvalue weighted by Gasteiger charge is -2.17. The predicted octanol–water partition coefficient (Wildman–Crippen LogP) is 4.33. The number of ether oxygens (including phenoxy) is 1. The normalized spacial score (nSPS) is 15.5. The fourth-order valence-electron chi connectivity index (χ4n) is 3.66. The molecule has 1 saturated heterocycles. The monoisotopic (exact) mass is 446 g/mol. The average molecular weight is 447 g/mol. The van der Waals surface area contributed by atoms with Crippen LogP contribution in [0.15, 0.2) is 54.7 Å². The van der Waals surface area contributed by atoms with E-state index in [0.29, 0.717) is 46.4 Å². The maximum atomic E-state index is 12.7. The van der Waals surface area contributed by atoms with Gasteiger partial charge in [-0.3, -0.25) is 14.5 Å². The van der Waals surface area contributed by atoms with E-state index >= 15 is 0 Å². The third-order valence-corrected chi connectivity index (χ3v) is 5.71. The summed E-state index contributed by atoms with van der Waals surface area (Å²) in [5.41, 5.74) is 7.77. The zero-order valence-electron chi connectivity index (χ0n) is 17.2. The van der Waals surface area contributed by atoms with Crippen LogP contribution >= 0.6 is 11.6 Å². The zero-order valence-corrected chi connectivity index (χ0v) is 18.0. The smallest absolute Gasteiger partial charge is 0.248 e. The molecule has 0 bridgehead atoms. The van der Waals surface area contributed by atoms with Crippen molar-refractivity contribution in [3.63, 3.8) is 0 Å². The Kier molecular flexibility index (Phi) is 5.80. The van der Waals surface area contributed by atoms with E-state index < -0.39 is 5.91 Å². The number of hydrogen-bond donors (Lipinski definition) is 1. The van der Waals surface area contributed by atoms with E-state index in [1.807, 2.05) is 25.1 Å². The molecular weight excluding hydrogens is 428 g/mol. The molecule has 2 N–H and O–H groups in total. The first kappa shape index (κ1) is 21.3. The van der Waals surface area contributed by atoms with Crippen molar-refractivity contribution in [2.75, 3.05) is 11.4 Å². The van der Waals surface area contributed by atoms with Crippen molar-refractivity contribution in [2.24, 2.45) is 5.73 Å². The number of rotatable bonds is 5. The van der Waals surface area contributed by atoms with Gasteiger partial charge in [-0.05, 0) is 48.4 Å². The minimum Gasteiger partial charge on any atom is -0.454 e. The van der Waals surface area contributed by atoms with Gasteiger partial charge in [0.15, 0.2) is 5.75 Å². The number of carbonyl (C=O) groups excluding carboxylic acids is 2. The van der Waals surface area contributed by atoms with Gasteiger partial charge < -0.3 is 10.5 Å². The number of amides is 2. The highest BCUT2D eigenvalue weighted by molar-refractivity contribution is 6.32. The van der Waals surface area contributed by atoms with Crippen LogP contribution in [0.5, 0.6) is 11.5 Å². The highest BCUT2D eigenvalue weighted by atomic mass is 35.5. The summed E-state index contributed by atoms with van der Waals surface area (Å²) in [6, 6.07) is 15.8. The fourth-order valence-corrected chi connectivity index (χ4v) is 3.88. The molecule has 1 atom stereocenters. The van der Waals surface area contributed by atoms with Crippen LogP contribution in [0.3, 0.4) is 0 Å². The maximum Gasteiger partial charge on any atom is 0.248 e. The van der Waals surface area contributed by atoms with Crippen LogP contribution in [0.1, 0.15) is 39.4 Å². The van der Waals surface area contributed by atoms with Crippen LogP contribution in [-0.2, 0) is 4.79 Å². The Bertz CT molecular complexity index is 1270. The van der Waals surface area contributed by atoms with Crippen molar-refractivity contribution in [2.45, 2.75) is 19.3 Å². The van der Waals surface area contributed by atoms with Gasteiger partial charge in [-0.15, -0.1) is 0 Å². The molecule has 0 saturated carbocycles. The summed E-state index contributed by atoms with van der Waals surface area (Å²) in [5, 5.41) is 9.72. The molecule has 32 heavy (non-hydrogen) atoms. The van der Waals surface area contributed by atoms with Crippen molar-refractivity contribution >= 4 is 29.2 Å². The molecular formula is C24H19ClN4O3. The lowest BCUT2D eigenvalue weighted by Crippen LogP contribution is -2.26. The van der Waals surface area contributed by atoms with Crippen molar-refractivity contribution in [1.82, 2.24) is 4.98 Å². The molecule has 0 radical (unpaired) electrons. The van der Waals surface area contributed by atoms with Gasteiger partial charge in [0.25, 0.3) is 0 Å². The molecule has 160 valence electrons. The summed E-state index contributed by atoms with van der Waals surface area (Å²) in [6.07, 6.45) is 1.75. The van der Waals surface area contributed by atoms with E-state index in [9.17, 15) is 14.9 Å². The average Bonchev–Trinajstić information content (AvgIpc) is 3.18. The van der Waals surface area contributed by atoms with Gasteiger partial charge in [-0.1, -0.05) is 29.8 Å². The Morgan fingerprint density at radius 1 is 1.28 bits per heavy atom. The Labute approximate surface area is 190 Å². The SMILES string of the molecule is Cc1ccc([C@H]2CC(=O)N(c3cc(C(N)=O)ccn3)C2)cc1Oc1c(Cl)cccc1C#N. The molecule has 2 aromatic carbocycles. The summed E-state index contributed by atoms with van der Waals surface area (Å²) in [4.78, 5) is 29.9. The molecule has 2 heterocycles. The number of hydrogen-bond acceptors (Lipinski definition) is 5. The molecule has 8 heteroatoms.